The van der Waals surface area contributed by atoms with Crippen molar-refractivity contribution in [3.05, 3.63) is 51.0 Å². The molecule has 0 aliphatic rings. The van der Waals surface area contributed by atoms with E-state index in [-0.39, 0.29) is 11.9 Å². The van der Waals surface area contributed by atoms with Crippen LogP contribution in [0.3, 0.4) is 0 Å². The van der Waals surface area contributed by atoms with E-state index in [9.17, 15) is 4.39 Å². The fourth-order valence-corrected chi connectivity index (χ4v) is 2.84. The van der Waals surface area contributed by atoms with Gasteiger partial charge in [0.05, 0.1) is 10.2 Å². The minimum absolute atomic E-state index is 0.00559. The predicted octanol–water partition coefficient (Wildman–Crippen LogP) is 3.05. The summed E-state index contributed by atoms with van der Waals surface area (Å²) < 4.78 is 15.6. The van der Waals surface area contributed by atoms with Crippen LogP contribution in [0.15, 0.2) is 22.7 Å². The topological polar surface area (TPSA) is 43.8 Å². The summed E-state index contributed by atoms with van der Waals surface area (Å²) in [7, 11) is 1.94. The molecule has 0 spiro atoms. The lowest BCUT2D eigenvalue weighted by molar-refractivity contribution is 0.616. The molecule has 0 saturated carbocycles. The average Bonchev–Trinajstić information content (AvgIpc) is 2.61. The molecule has 108 valence electrons. The van der Waals surface area contributed by atoms with Crippen molar-refractivity contribution < 1.29 is 4.39 Å². The third-order valence-corrected chi connectivity index (χ3v) is 4.21. The van der Waals surface area contributed by atoms with Gasteiger partial charge in [0.2, 0.25) is 0 Å². The number of halogens is 2. The molecule has 5 heteroatoms. The molecular weight excluding hydrogens is 321 g/mol. The summed E-state index contributed by atoms with van der Waals surface area (Å²) in [6.07, 6.45) is 1.49. The van der Waals surface area contributed by atoms with E-state index in [1.54, 1.807) is 12.1 Å². The molecule has 1 unspecified atom stereocenters. The Morgan fingerprint density at radius 1 is 1.35 bits per heavy atom. The van der Waals surface area contributed by atoms with Crippen molar-refractivity contribution in [2.45, 2.75) is 32.7 Å². The Bertz CT molecular complexity index is 622. The van der Waals surface area contributed by atoms with Crippen molar-refractivity contribution in [2.75, 3.05) is 0 Å². The molecule has 1 aromatic heterocycles. The van der Waals surface area contributed by atoms with Gasteiger partial charge in [0.25, 0.3) is 0 Å². The molecule has 2 rings (SSSR count). The van der Waals surface area contributed by atoms with Gasteiger partial charge in [-0.3, -0.25) is 4.68 Å². The van der Waals surface area contributed by atoms with Gasteiger partial charge < -0.3 is 5.73 Å². The molecular formula is C15H19BrFN3. The first-order valence-corrected chi connectivity index (χ1v) is 7.36. The van der Waals surface area contributed by atoms with E-state index in [4.69, 9.17) is 5.73 Å². The Morgan fingerprint density at radius 3 is 2.60 bits per heavy atom. The van der Waals surface area contributed by atoms with Gasteiger partial charge in [-0.15, -0.1) is 0 Å². The van der Waals surface area contributed by atoms with E-state index in [2.05, 4.69) is 28.0 Å². The fourth-order valence-electron chi connectivity index (χ4n) is 2.42. The minimum atomic E-state index is -0.249. The molecule has 2 N–H and O–H groups in total. The minimum Gasteiger partial charge on any atom is -0.327 e. The Morgan fingerprint density at radius 2 is 2.05 bits per heavy atom. The number of aromatic nitrogens is 2. The molecule has 0 saturated heterocycles. The van der Waals surface area contributed by atoms with Gasteiger partial charge in [-0.2, -0.15) is 5.10 Å². The third-order valence-electron chi connectivity index (χ3n) is 3.61. The number of rotatable bonds is 4. The zero-order chi connectivity index (χ0) is 14.9. The maximum atomic E-state index is 13.2. The highest BCUT2D eigenvalue weighted by Gasteiger charge is 2.14. The lowest BCUT2D eigenvalue weighted by atomic mass is 9.98. The Hall–Kier alpha value is -1.20. The van der Waals surface area contributed by atoms with Gasteiger partial charge in [-0.25, -0.2) is 4.39 Å². The zero-order valence-corrected chi connectivity index (χ0v) is 13.5. The summed E-state index contributed by atoms with van der Waals surface area (Å²) in [5.74, 6) is -0.249. The molecule has 1 aromatic carbocycles. The lowest BCUT2D eigenvalue weighted by Crippen LogP contribution is -2.26. The lowest BCUT2D eigenvalue weighted by Gasteiger charge is -2.12. The Kier molecular flexibility index (Phi) is 4.60. The summed E-state index contributed by atoms with van der Waals surface area (Å²) in [5, 5.41) is 4.40. The largest absolute Gasteiger partial charge is 0.327 e. The molecule has 0 radical (unpaired) electrons. The first kappa shape index (κ1) is 15.2. The fraction of sp³-hybridized carbons (Fsp3) is 0.400. The number of hydrogen-bond acceptors (Lipinski definition) is 2. The quantitative estimate of drug-likeness (QED) is 0.930. The second kappa shape index (κ2) is 6.06. The Labute approximate surface area is 127 Å². The van der Waals surface area contributed by atoms with Gasteiger partial charge >= 0.3 is 0 Å². The van der Waals surface area contributed by atoms with Gasteiger partial charge in [-0.05, 0) is 65.9 Å². The van der Waals surface area contributed by atoms with Crippen molar-refractivity contribution in [3.8, 4) is 0 Å². The standard InChI is InChI=1S/C15H19BrFN3/c1-9-13(10(2)20(3)19-9)8-12(18)6-11-4-5-15(17)14(16)7-11/h4-5,7,12H,6,8,18H2,1-3H3. The van der Waals surface area contributed by atoms with Crippen molar-refractivity contribution in [2.24, 2.45) is 12.8 Å². The van der Waals surface area contributed by atoms with Crippen LogP contribution in [-0.2, 0) is 19.9 Å². The van der Waals surface area contributed by atoms with Gasteiger partial charge in [0.1, 0.15) is 5.82 Å². The molecule has 1 heterocycles. The molecule has 0 aliphatic carbocycles. The third kappa shape index (κ3) is 3.27. The number of aryl methyl sites for hydroxylation is 2. The van der Waals surface area contributed by atoms with E-state index < -0.39 is 0 Å². The SMILES string of the molecule is Cc1nn(C)c(C)c1CC(N)Cc1ccc(F)c(Br)c1. The normalized spacial score (nSPS) is 12.7. The average molecular weight is 340 g/mol. The molecule has 0 bridgehead atoms. The van der Waals surface area contributed by atoms with E-state index in [1.165, 1.54) is 11.6 Å². The first-order chi connectivity index (χ1) is 9.38. The van der Waals surface area contributed by atoms with Gasteiger partial charge in [0, 0.05) is 18.8 Å². The highest BCUT2D eigenvalue weighted by atomic mass is 79.9. The van der Waals surface area contributed by atoms with Crippen LogP contribution in [0.5, 0.6) is 0 Å². The predicted molar refractivity (Wildman–Crippen MR) is 82.2 cm³/mol. The number of nitrogens with zero attached hydrogens (tertiary/aromatic N) is 2. The zero-order valence-electron chi connectivity index (χ0n) is 12.0. The van der Waals surface area contributed by atoms with E-state index in [1.807, 2.05) is 18.7 Å². The van der Waals surface area contributed by atoms with E-state index >= 15 is 0 Å². The first-order valence-electron chi connectivity index (χ1n) is 6.57. The van der Waals surface area contributed by atoms with Crippen LogP contribution < -0.4 is 5.73 Å². The number of nitrogens with two attached hydrogens (primary N) is 1. The van der Waals surface area contributed by atoms with E-state index in [0.717, 1.165) is 23.4 Å². The van der Waals surface area contributed by atoms with Crippen LogP contribution in [0.2, 0.25) is 0 Å². The van der Waals surface area contributed by atoms with Crippen molar-refractivity contribution in [1.29, 1.82) is 0 Å². The summed E-state index contributed by atoms with van der Waals surface area (Å²) in [4.78, 5) is 0. The molecule has 1 atom stereocenters. The summed E-state index contributed by atoms with van der Waals surface area (Å²) >= 11 is 3.20. The van der Waals surface area contributed by atoms with Crippen LogP contribution in [0.25, 0.3) is 0 Å². The summed E-state index contributed by atoms with van der Waals surface area (Å²) in [5.41, 5.74) is 10.6. The van der Waals surface area contributed by atoms with Gasteiger partial charge in [-0.1, -0.05) is 6.07 Å². The molecule has 0 fully saturated rings. The molecule has 0 aliphatic heterocycles. The van der Waals surface area contributed by atoms with Crippen LogP contribution in [0.1, 0.15) is 22.5 Å². The van der Waals surface area contributed by atoms with Crippen molar-refractivity contribution >= 4 is 15.9 Å². The molecule has 0 amide bonds. The second-order valence-corrected chi connectivity index (χ2v) is 6.04. The Balaban J connectivity index is 2.08. The van der Waals surface area contributed by atoms with E-state index in [0.29, 0.717) is 10.9 Å². The smallest absolute Gasteiger partial charge is 0.137 e. The van der Waals surface area contributed by atoms with Crippen molar-refractivity contribution in [3.63, 3.8) is 0 Å². The van der Waals surface area contributed by atoms with Crippen LogP contribution >= 0.6 is 15.9 Å². The molecule has 3 nitrogen and oxygen atoms in total. The highest BCUT2D eigenvalue weighted by Crippen LogP contribution is 2.19. The number of hydrogen-bond donors (Lipinski definition) is 1. The van der Waals surface area contributed by atoms with Crippen LogP contribution in [0.4, 0.5) is 4.39 Å². The van der Waals surface area contributed by atoms with Crippen LogP contribution in [0, 0.1) is 19.7 Å². The number of benzene rings is 1. The van der Waals surface area contributed by atoms with Gasteiger partial charge in [0.15, 0.2) is 0 Å². The summed E-state index contributed by atoms with van der Waals surface area (Å²) in [6, 6.07) is 5.03. The maximum absolute atomic E-state index is 13.2. The maximum Gasteiger partial charge on any atom is 0.137 e. The monoisotopic (exact) mass is 339 g/mol. The highest BCUT2D eigenvalue weighted by molar-refractivity contribution is 9.10. The second-order valence-electron chi connectivity index (χ2n) is 5.19. The molecule has 2 aromatic rings. The summed E-state index contributed by atoms with van der Waals surface area (Å²) in [6.45, 7) is 4.06. The molecule has 20 heavy (non-hydrogen) atoms. The van der Waals surface area contributed by atoms with Crippen molar-refractivity contribution in [1.82, 2.24) is 9.78 Å². The van der Waals surface area contributed by atoms with Crippen LogP contribution in [-0.4, -0.2) is 15.8 Å².